The minimum Gasteiger partial charge on any atom is -0.336 e. The van der Waals surface area contributed by atoms with Crippen molar-refractivity contribution in [3.63, 3.8) is 0 Å². The second kappa shape index (κ2) is 11.0. The van der Waals surface area contributed by atoms with Gasteiger partial charge in [-0.3, -0.25) is 14.2 Å². The summed E-state index contributed by atoms with van der Waals surface area (Å²) in [5, 5.41) is 11.9. The number of hydrogen-bond donors (Lipinski definition) is 1. The molecule has 4 aromatic rings. The molecule has 3 aromatic carbocycles. The van der Waals surface area contributed by atoms with Gasteiger partial charge in [-0.25, -0.2) is 4.39 Å². The molecule has 0 radical (unpaired) electrons. The topological polar surface area (TPSA) is 80.1 Å². The summed E-state index contributed by atoms with van der Waals surface area (Å²) in [5.74, 6) is -0.227. The summed E-state index contributed by atoms with van der Waals surface area (Å²) in [6.07, 6.45) is 0. The Kier molecular flexibility index (Phi) is 7.57. The molecule has 9 heteroatoms. The number of aryl methyl sites for hydroxylation is 1. The first kappa shape index (κ1) is 24.2. The van der Waals surface area contributed by atoms with Crippen molar-refractivity contribution in [2.24, 2.45) is 0 Å². The van der Waals surface area contributed by atoms with Crippen LogP contribution in [0.3, 0.4) is 0 Å². The first-order valence-electron chi connectivity index (χ1n) is 10.9. The van der Waals surface area contributed by atoms with Crippen LogP contribution in [0.5, 0.6) is 0 Å². The zero-order valence-corrected chi connectivity index (χ0v) is 20.1. The third-order valence-electron chi connectivity index (χ3n) is 5.22. The zero-order chi connectivity index (χ0) is 24.8. The van der Waals surface area contributed by atoms with Crippen LogP contribution >= 0.6 is 11.8 Å². The van der Waals surface area contributed by atoms with E-state index in [-0.39, 0.29) is 29.9 Å². The number of likely N-dealkylation sites (N-methyl/N-ethyl adjacent to an activating group) is 1. The molecule has 1 heterocycles. The van der Waals surface area contributed by atoms with Crippen molar-refractivity contribution in [3.05, 3.63) is 90.2 Å². The quantitative estimate of drug-likeness (QED) is 0.367. The van der Waals surface area contributed by atoms with Crippen LogP contribution in [-0.2, 0) is 9.59 Å². The number of nitrogens with one attached hydrogen (secondary N) is 1. The predicted molar refractivity (Wildman–Crippen MR) is 135 cm³/mol. The van der Waals surface area contributed by atoms with Gasteiger partial charge in [-0.15, -0.1) is 10.2 Å². The second-order valence-electron chi connectivity index (χ2n) is 7.94. The smallest absolute Gasteiger partial charge is 0.243 e. The number of amides is 2. The normalized spacial score (nSPS) is 10.7. The van der Waals surface area contributed by atoms with E-state index in [2.05, 4.69) is 15.5 Å². The average Bonchev–Trinajstić information content (AvgIpc) is 3.28. The van der Waals surface area contributed by atoms with E-state index in [0.717, 1.165) is 11.3 Å². The van der Waals surface area contributed by atoms with Crippen LogP contribution in [0.25, 0.3) is 17.1 Å². The van der Waals surface area contributed by atoms with E-state index in [1.165, 1.54) is 28.8 Å². The number of nitrogens with zero attached hydrogens (tertiary/aromatic N) is 4. The zero-order valence-electron chi connectivity index (χ0n) is 19.3. The molecule has 0 aliphatic carbocycles. The highest BCUT2D eigenvalue weighted by molar-refractivity contribution is 7.99. The molecule has 178 valence electrons. The van der Waals surface area contributed by atoms with Crippen molar-refractivity contribution in [2.75, 3.05) is 24.7 Å². The Morgan fingerprint density at radius 1 is 0.971 bits per heavy atom. The van der Waals surface area contributed by atoms with Crippen molar-refractivity contribution >= 4 is 29.3 Å². The Bertz CT molecular complexity index is 1310. The molecule has 7 nitrogen and oxygen atoms in total. The van der Waals surface area contributed by atoms with Crippen molar-refractivity contribution in [1.82, 2.24) is 19.7 Å². The number of aromatic nitrogens is 3. The van der Waals surface area contributed by atoms with Crippen LogP contribution in [0, 0.1) is 12.7 Å². The fourth-order valence-corrected chi connectivity index (χ4v) is 4.23. The maximum atomic E-state index is 13.4. The van der Waals surface area contributed by atoms with Crippen molar-refractivity contribution < 1.29 is 14.0 Å². The molecule has 0 aliphatic rings. The lowest BCUT2D eigenvalue weighted by atomic mass is 10.2. The molecular formula is C26H24FN5O2S. The Labute approximate surface area is 207 Å². The summed E-state index contributed by atoms with van der Waals surface area (Å²) < 4.78 is 15.3. The number of benzene rings is 3. The van der Waals surface area contributed by atoms with Crippen LogP contribution in [0.15, 0.2) is 84.0 Å². The average molecular weight is 490 g/mol. The van der Waals surface area contributed by atoms with Crippen molar-refractivity contribution in [2.45, 2.75) is 12.1 Å². The van der Waals surface area contributed by atoms with Gasteiger partial charge in [0.25, 0.3) is 0 Å². The predicted octanol–water partition coefficient (Wildman–Crippen LogP) is 4.57. The number of halogens is 1. The third kappa shape index (κ3) is 6.13. The molecule has 1 aromatic heterocycles. The second-order valence-corrected chi connectivity index (χ2v) is 8.88. The van der Waals surface area contributed by atoms with Crippen LogP contribution in [-0.4, -0.2) is 50.8 Å². The summed E-state index contributed by atoms with van der Waals surface area (Å²) in [6.45, 7) is 1.90. The van der Waals surface area contributed by atoms with E-state index < -0.39 is 0 Å². The maximum absolute atomic E-state index is 13.4. The molecule has 35 heavy (non-hydrogen) atoms. The molecule has 0 saturated heterocycles. The number of carbonyl (C=O) groups excluding carboxylic acids is 2. The van der Waals surface area contributed by atoms with Gasteiger partial charge in [0.1, 0.15) is 5.82 Å². The Hall–Kier alpha value is -3.98. The molecule has 0 bridgehead atoms. The van der Waals surface area contributed by atoms with Gasteiger partial charge in [0, 0.05) is 24.0 Å². The first-order valence-corrected chi connectivity index (χ1v) is 11.9. The fraction of sp³-hybridized carbons (Fsp3) is 0.154. The van der Waals surface area contributed by atoms with Gasteiger partial charge in [-0.2, -0.15) is 0 Å². The number of hydrogen-bond acceptors (Lipinski definition) is 5. The van der Waals surface area contributed by atoms with E-state index in [1.54, 1.807) is 19.2 Å². The number of anilines is 1. The highest BCUT2D eigenvalue weighted by atomic mass is 32.2. The van der Waals surface area contributed by atoms with Crippen LogP contribution in [0.1, 0.15) is 5.56 Å². The minimum absolute atomic E-state index is 0.0700. The summed E-state index contributed by atoms with van der Waals surface area (Å²) in [6, 6.07) is 23.0. The molecule has 0 fully saturated rings. The van der Waals surface area contributed by atoms with E-state index in [9.17, 15) is 14.0 Å². The molecule has 0 spiro atoms. The van der Waals surface area contributed by atoms with Gasteiger partial charge < -0.3 is 10.2 Å². The molecule has 0 atom stereocenters. The molecule has 0 unspecified atom stereocenters. The van der Waals surface area contributed by atoms with Crippen LogP contribution < -0.4 is 5.32 Å². The molecule has 1 N–H and O–H groups in total. The van der Waals surface area contributed by atoms with Gasteiger partial charge in [0.05, 0.1) is 12.3 Å². The Balaban J connectivity index is 1.45. The molecular weight excluding hydrogens is 465 g/mol. The summed E-state index contributed by atoms with van der Waals surface area (Å²) in [4.78, 5) is 26.5. The largest absolute Gasteiger partial charge is 0.336 e. The van der Waals surface area contributed by atoms with Gasteiger partial charge in [-0.05, 0) is 55.5 Å². The number of thioether (sulfide) groups is 1. The first-order chi connectivity index (χ1) is 16.9. The number of rotatable bonds is 8. The summed E-state index contributed by atoms with van der Waals surface area (Å²) >= 11 is 1.22. The molecule has 2 amide bonds. The standard InChI is InChI=1S/C26H24FN5O2S/c1-18-8-14-21(15-9-18)28-23(33)16-31(2)24(34)17-35-26-30-29-25(19-10-12-20(27)13-11-19)32(26)22-6-4-3-5-7-22/h3-15H,16-17H2,1-2H3,(H,28,33). The van der Waals surface area contributed by atoms with E-state index in [1.807, 2.05) is 66.1 Å². The number of carbonyl (C=O) groups is 2. The molecule has 0 saturated carbocycles. The lowest BCUT2D eigenvalue weighted by molar-refractivity contribution is -0.131. The lowest BCUT2D eigenvalue weighted by Crippen LogP contribution is -2.36. The van der Waals surface area contributed by atoms with Crippen molar-refractivity contribution in [1.29, 1.82) is 0 Å². The summed E-state index contributed by atoms with van der Waals surface area (Å²) in [7, 11) is 1.59. The van der Waals surface area contributed by atoms with Gasteiger partial charge in [0.15, 0.2) is 11.0 Å². The minimum atomic E-state index is -0.339. The monoisotopic (exact) mass is 489 g/mol. The Morgan fingerprint density at radius 2 is 1.66 bits per heavy atom. The van der Waals surface area contributed by atoms with E-state index in [0.29, 0.717) is 22.2 Å². The van der Waals surface area contributed by atoms with Crippen LogP contribution in [0.4, 0.5) is 10.1 Å². The summed E-state index contributed by atoms with van der Waals surface area (Å²) in [5.41, 5.74) is 3.29. The third-order valence-corrected chi connectivity index (χ3v) is 6.13. The van der Waals surface area contributed by atoms with Crippen LogP contribution in [0.2, 0.25) is 0 Å². The highest BCUT2D eigenvalue weighted by Gasteiger charge is 2.19. The van der Waals surface area contributed by atoms with E-state index in [4.69, 9.17) is 0 Å². The molecule has 0 aliphatic heterocycles. The molecule has 4 rings (SSSR count). The van der Waals surface area contributed by atoms with E-state index >= 15 is 0 Å². The number of para-hydroxylation sites is 1. The van der Waals surface area contributed by atoms with Gasteiger partial charge >= 0.3 is 0 Å². The maximum Gasteiger partial charge on any atom is 0.243 e. The van der Waals surface area contributed by atoms with Crippen molar-refractivity contribution in [3.8, 4) is 17.1 Å². The highest BCUT2D eigenvalue weighted by Crippen LogP contribution is 2.28. The Morgan fingerprint density at radius 3 is 2.34 bits per heavy atom. The lowest BCUT2D eigenvalue weighted by Gasteiger charge is -2.17. The SMILES string of the molecule is Cc1ccc(NC(=O)CN(C)C(=O)CSc2nnc(-c3ccc(F)cc3)n2-c2ccccc2)cc1. The van der Waals surface area contributed by atoms with Gasteiger partial charge in [-0.1, -0.05) is 47.7 Å². The van der Waals surface area contributed by atoms with Gasteiger partial charge in [0.2, 0.25) is 11.8 Å². The fourth-order valence-electron chi connectivity index (χ4n) is 3.34.